The number of allylic oxidation sites excluding steroid dienone is 5. The normalized spacial score (nSPS) is 11.9. The Bertz CT molecular complexity index is 744. The van der Waals surface area contributed by atoms with Crippen molar-refractivity contribution >= 4 is 5.91 Å². The highest BCUT2D eigenvalue weighted by molar-refractivity contribution is 5.76. The Kier molecular flexibility index (Phi) is 37.3. The topological polar surface area (TPSA) is 32.8 Å². The van der Waals surface area contributed by atoms with Crippen LogP contribution in [0.1, 0.15) is 194 Å². The number of amides is 1. The maximum atomic E-state index is 13.0. The van der Waals surface area contributed by atoms with Gasteiger partial charge in [0.2, 0.25) is 5.91 Å². The van der Waals surface area contributed by atoms with E-state index in [-0.39, 0.29) is 0 Å². The van der Waals surface area contributed by atoms with Crippen LogP contribution in [0.5, 0.6) is 0 Å². The van der Waals surface area contributed by atoms with E-state index in [1.54, 1.807) is 0 Å². The average Bonchev–Trinajstić information content (AvgIpc) is 3.07. The summed E-state index contributed by atoms with van der Waals surface area (Å²) >= 11 is 0. The Morgan fingerprint density at radius 2 is 0.979 bits per heavy atom. The lowest BCUT2D eigenvalue weighted by molar-refractivity contribution is -0.131. The molecule has 0 spiro atoms. The standard InChI is InChI=1S/C44H84N2O2/c1-6-8-10-12-14-16-18-20-22-25-32-41-48-42-33-26-24-30-39-46(44(47)37-34-38-45(4)5)40-31-27-29-36-43(3)35-28-23-21-19-17-15-13-11-9-7-2/h20-23H,3,6-19,24-42H2,1-2,4-5H3/b22-20-,23-21+. The summed E-state index contributed by atoms with van der Waals surface area (Å²) in [6.45, 7) is 13.4. The van der Waals surface area contributed by atoms with E-state index in [2.05, 4.69) is 68.6 Å². The van der Waals surface area contributed by atoms with Crippen molar-refractivity contribution in [1.29, 1.82) is 0 Å². The summed E-state index contributed by atoms with van der Waals surface area (Å²) in [4.78, 5) is 17.4. The van der Waals surface area contributed by atoms with Crippen molar-refractivity contribution in [3.05, 3.63) is 36.5 Å². The van der Waals surface area contributed by atoms with Crippen LogP contribution in [0.4, 0.5) is 0 Å². The zero-order chi connectivity index (χ0) is 35.2. The molecule has 0 aromatic heterocycles. The summed E-state index contributed by atoms with van der Waals surface area (Å²) < 4.78 is 5.88. The molecule has 0 saturated carbocycles. The molecule has 0 fully saturated rings. The van der Waals surface area contributed by atoms with Gasteiger partial charge < -0.3 is 14.5 Å². The number of hydrogen-bond acceptors (Lipinski definition) is 3. The Morgan fingerprint density at radius 1 is 0.500 bits per heavy atom. The predicted octanol–water partition coefficient (Wildman–Crippen LogP) is 13.0. The van der Waals surface area contributed by atoms with E-state index in [1.165, 1.54) is 121 Å². The maximum absolute atomic E-state index is 13.0. The summed E-state index contributed by atoms with van der Waals surface area (Å²) in [6, 6.07) is 0. The average molecular weight is 673 g/mol. The lowest BCUT2D eigenvalue weighted by Gasteiger charge is -2.23. The van der Waals surface area contributed by atoms with Gasteiger partial charge >= 0.3 is 0 Å². The molecule has 0 aromatic carbocycles. The fourth-order valence-corrected chi connectivity index (χ4v) is 6.15. The van der Waals surface area contributed by atoms with Crippen LogP contribution in [-0.4, -0.2) is 62.7 Å². The Hall–Kier alpha value is -1.39. The Balaban J connectivity index is 3.98. The molecule has 282 valence electrons. The van der Waals surface area contributed by atoms with E-state index < -0.39 is 0 Å². The summed E-state index contributed by atoms with van der Waals surface area (Å²) in [7, 11) is 4.17. The minimum atomic E-state index is 0.346. The number of hydrogen-bond donors (Lipinski definition) is 0. The molecule has 4 heteroatoms. The van der Waals surface area contributed by atoms with Gasteiger partial charge in [0.25, 0.3) is 0 Å². The second-order valence-corrected chi connectivity index (χ2v) is 14.6. The van der Waals surface area contributed by atoms with Crippen molar-refractivity contribution in [2.24, 2.45) is 0 Å². The maximum Gasteiger partial charge on any atom is 0.222 e. The lowest BCUT2D eigenvalue weighted by Crippen LogP contribution is -2.33. The van der Waals surface area contributed by atoms with E-state index in [1.807, 2.05) is 0 Å². The molecule has 0 aliphatic rings. The van der Waals surface area contributed by atoms with Crippen LogP contribution >= 0.6 is 0 Å². The number of carbonyl (C=O) groups is 1. The fourth-order valence-electron chi connectivity index (χ4n) is 6.15. The number of nitrogens with zero attached hydrogens (tertiary/aromatic N) is 2. The van der Waals surface area contributed by atoms with Gasteiger partial charge in [-0.05, 0) is 111 Å². The second-order valence-electron chi connectivity index (χ2n) is 14.6. The number of unbranched alkanes of at least 4 members (excludes halogenated alkanes) is 18. The Labute approximate surface area is 301 Å². The van der Waals surface area contributed by atoms with Gasteiger partial charge in [0.05, 0.1) is 0 Å². The molecule has 0 aromatic rings. The first-order valence-corrected chi connectivity index (χ1v) is 21.0. The van der Waals surface area contributed by atoms with Crippen LogP contribution in [0.3, 0.4) is 0 Å². The predicted molar refractivity (Wildman–Crippen MR) is 214 cm³/mol. The lowest BCUT2D eigenvalue weighted by atomic mass is 10.0. The molecule has 0 radical (unpaired) electrons. The third-order valence-corrected chi connectivity index (χ3v) is 9.38. The molecule has 48 heavy (non-hydrogen) atoms. The van der Waals surface area contributed by atoms with Crippen LogP contribution in [-0.2, 0) is 9.53 Å². The van der Waals surface area contributed by atoms with Gasteiger partial charge in [0.1, 0.15) is 0 Å². The third-order valence-electron chi connectivity index (χ3n) is 9.38. The van der Waals surface area contributed by atoms with E-state index in [4.69, 9.17) is 4.74 Å². The van der Waals surface area contributed by atoms with Gasteiger partial charge in [-0.1, -0.05) is 134 Å². The molecule has 0 N–H and O–H groups in total. The second kappa shape index (κ2) is 38.4. The molecule has 0 unspecified atom stereocenters. The molecule has 0 aliphatic heterocycles. The number of ether oxygens (including phenoxy) is 1. The van der Waals surface area contributed by atoms with Crippen molar-refractivity contribution in [3.63, 3.8) is 0 Å². The summed E-state index contributed by atoms with van der Waals surface area (Å²) in [6.07, 6.45) is 43.7. The quantitative estimate of drug-likeness (QED) is 0.0483. The van der Waals surface area contributed by atoms with Crippen molar-refractivity contribution in [1.82, 2.24) is 9.80 Å². The van der Waals surface area contributed by atoms with Gasteiger partial charge in [-0.15, -0.1) is 0 Å². The van der Waals surface area contributed by atoms with Crippen molar-refractivity contribution in [2.45, 2.75) is 194 Å². The molecular formula is C44H84N2O2. The van der Waals surface area contributed by atoms with E-state index >= 15 is 0 Å². The first kappa shape index (κ1) is 46.6. The molecule has 0 atom stereocenters. The molecule has 4 nitrogen and oxygen atoms in total. The number of rotatable bonds is 38. The Morgan fingerprint density at radius 3 is 1.58 bits per heavy atom. The van der Waals surface area contributed by atoms with Gasteiger partial charge in [-0.3, -0.25) is 4.79 Å². The van der Waals surface area contributed by atoms with E-state index in [0.29, 0.717) is 12.3 Å². The zero-order valence-corrected chi connectivity index (χ0v) is 33.1. The van der Waals surface area contributed by atoms with Crippen LogP contribution in [0.25, 0.3) is 0 Å². The largest absolute Gasteiger partial charge is 0.381 e. The highest BCUT2D eigenvalue weighted by Gasteiger charge is 2.13. The molecule has 1 amide bonds. The summed E-state index contributed by atoms with van der Waals surface area (Å²) in [5.74, 6) is 0.346. The monoisotopic (exact) mass is 673 g/mol. The van der Waals surface area contributed by atoms with Crippen LogP contribution < -0.4 is 0 Å². The molecule has 0 bridgehead atoms. The third kappa shape index (κ3) is 35.9. The van der Waals surface area contributed by atoms with E-state index in [9.17, 15) is 4.79 Å². The molecule has 0 rings (SSSR count). The molecule has 0 saturated heterocycles. The van der Waals surface area contributed by atoms with Gasteiger partial charge in [0, 0.05) is 32.7 Å². The van der Waals surface area contributed by atoms with Crippen LogP contribution in [0, 0.1) is 0 Å². The van der Waals surface area contributed by atoms with Crippen molar-refractivity contribution < 1.29 is 9.53 Å². The first-order valence-electron chi connectivity index (χ1n) is 21.0. The van der Waals surface area contributed by atoms with Crippen molar-refractivity contribution in [2.75, 3.05) is 46.9 Å². The van der Waals surface area contributed by atoms with Crippen molar-refractivity contribution in [3.8, 4) is 0 Å². The highest BCUT2D eigenvalue weighted by atomic mass is 16.5. The SMILES string of the molecule is C=C(CC/C=C/CCCCCCCC)CCCCCN(CCCCCCOCCC/C=C\CCCCCCCC)C(=O)CCCN(C)C. The van der Waals surface area contributed by atoms with Gasteiger partial charge in [-0.25, -0.2) is 0 Å². The minimum absolute atomic E-state index is 0.346. The summed E-state index contributed by atoms with van der Waals surface area (Å²) in [5.41, 5.74) is 1.38. The van der Waals surface area contributed by atoms with Gasteiger partial charge in [-0.2, -0.15) is 0 Å². The molecule has 0 heterocycles. The fraction of sp³-hybridized carbons (Fsp3) is 0.841. The molecular weight excluding hydrogens is 588 g/mol. The van der Waals surface area contributed by atoms with Gasteiger partial charge in [0.15, 0.2) is 0 Å². The smallest absolute Gasteiger partial charge is 0.222 e. The molecule has 0 aliphatic carbocycles. The highest BCUT2D eigenvalue weighted by Crippen LogP contribution is 2.15. The summed E-state index contributed by atoms with van der Waals surface area (Å²) in [5, 5.41) is 0. The first-order chi connectivity index (χ1) is 23.5. The number of carbonyl (C=O) groups excluding carboxylic acids is 1. The minimum Gasteiger partial charge on any atom is -0.381 e. The zero-order valence-electron chi connectivity index (χ0n) is 33.1. The van der Waals surface area contributed by atoms with Crippen LogP contribution in [0.15, 0.2) is 36.5 Å². The van der Waals surface area contributed by atoms with Crippen LogP contribution in [0.2, 0.25) is 0 Å². The van der Waals surface area contributed by atoms with E-state index in [0.717, 1.165) is 90.6 Å².